The molecule has 1 amide bonds. The van der Waals surface area contributed by atoms with E-state index in [1.165, 1.54) is 29.2 Å². The van der Waals surface area contributed by atoms with Crippen molar-refractivity contribution >= 4 is 28.8 Å². The Bertz CT molecular complexity index is 1200. The molecule has 7 nitrogen and oxygen atoms in total. The Labute approximate surface area is 178 Å². The van der Waals surface area contributed by atoms with E-state index in [4.69, 9.17) is 0 Å². The quantitative estimate of drug-likeness (QED) is 0.222. The van der Waals surface area contributed by atoms with Crippen LogP contribution in [0.1, 0.15) is 22.7 Å². The molecule has 0 spiro atoms. The Hall–Kier alpha value is -4.26. The second-order valence-electron chi connectivity index (χ2n) is 7.22. The van der Waals surface area contributed by atoms with E-state index in [2.05, 4.69) is 0 Å². The molecule has 1 aliphatic heterocycles. The van der Waals surface area contributed by atoms with E-state index in [1.54, 1.807) is 36.4 Å². The number of ketones is 1. The zero-order valence-corrected chi connectivity index (χ0v) is 16.6. The molecule has 1 fully saturated rings. The topological polar surface area (TPSA) is 101 Å². The molecule has 0 radical (unpaired) electrons. The van der Waals surface area contributed by atoms with Crippen LogP contribution >= 0.6 is 0 Å². The first-order chi connectivity index (χ1) is 14.9. The SMILES string of the molecule is Cc1ccc(N2C(=O)C(=O)/C(=C(\O)c3ccc([N+](=O)[O-])cc3)C2c2ccccc2)cc1. The number of aliphatic hydroxyl groups excluding tert-OH is 1. The van der Waals surface area contributed by atoms with Gasteiger partial charge in [-0.2, -0.15) is 0 Å². The lowest BCUT2D eigenvalue weighted by molar-refractivity contribution is -0.384. The highest BCUT2D eigenvalue weighted by Gasteiger charge is 2.46. The maximum atomic E-state index is 13.0. The van der Waals surface area contributed by atoms with Crippen molar-refractivity contribution in [3.05, 3.63) is 111 Å². The van der Waals surface area contributed by atoms with Gasteiger partial charge in [0.05, 0.1) is 16.5 Å². The average Bonchev–Trinajstić information content (AvgIpc) is 3.05. The summed E-state index contributed by atoms with van der Waals surface area (Å²) in [6, 6.07) is 20.5. The van der Waals surface area contributed by atoms with Crippen LogP contribution in [0.3, 0.4) is 0 Å². The van der Waals surface area contributed by atoms with E-state index < -0.39 is 22.7 Å². The van der Waals surface area contributed by atoms with Crippen molar-refractivity contribution < 1.29 is 19.6 Å². The van der Waals surface area contributed by atoms with Crippen LogP contribution in [0.5, 0.6) is 0 Å². The van der Waals surface area contributed by atoms with Gasteiger partial charge in [0.25, 0.3) is 17.4 Å². The van der Waals surface area contributed by atoms with Crippen LogP contribution in [-0.2, 0) is 9.59 Å². The van der Waals surface area contributed by atoms with Gasteiger partial charge in [0.2, 0.25) is 0 Å². The van der Waals surface area contributed by atoms with Gasteiger partial charge in [-0.15, -0.1) is 0 Å². The molecule has 4 rings (SSSR count). The molecule has 154 valence electrons. The highest BCUT2D eigenvalue weighted by molar-refractivity contribution is 6.51. The minimum Gasteiger partial charge on any atom is -0.507 e. The van der Waals surface area contributed by atoms with E-state index in [1.807, 2.05) is 25.1 Å². The molecule has 3 aromatic carbocycles. The summed E-state index contributed by atoms with van der Waals surface area (Å²) in [4.78, 5) is 37.8. The number of benzene rings is 3. The summed E-state index contributed by atoms with van der Waals surface area (Å²) in [5.74, 6) is -1.94. The van der Waals surface area contributed by atoms with Gasteiger partial charge in [-0.05, 0) is 36.8 Å². The van der Waals surface area contributed by atoms with E-state index in [-0.39, 0.29) is 22.6 Å². The number of anilines is 1. The van der Waals surface area contributed by atoms with Crippen molar-refractivity contribution in [2.45, 2.75) is 13.0 Å². The summed E-state index contributed by atoms with van der Waals surface area (Å²) in [6.07, 6.45) is 0. The number of nitrogens with zero attached hydrogens (tertiary/aromatic N) is 2. The van der Waals surface area contributed by atoms with Crippen molar-refractivity contribution in [1.29, 1.82) is 0 Å². The van der Waals surface area contributed by atoms with Crippen molar-refractivity contribution in [1.82, 2.24) is 0 Å². The Morgan fingerprint density at radius 2 is 1.55 bits per heavy atom. The zero-order valence-electron chi connectivity index (χ0n) is 16.6. The molecular formula is C24H18N2O5. The zero-order chi connectivity index (χ0) is 22.1. The van der Waals surface area contributed by atoms with Crippen LogP contribution in [0.2, 0.25) is 0 Å². The van der Waals surface area contributed by atoms with Gasteiger partial charge in [0.1, 0.15) is 5.76 Å². The first kappa shape index (κ1) is 20.0. The second-order valence-corrected chi connectivity index (χ2v) is 7.22. The van der Waals surface area contributed by atoms with E-state index in [9.17, 15) is 24.8 Å². The maximum absolute atomic E-state index is 13.0. The van der Waals surface area contributed by atoms with Crippen molar-refractivity contribution in [3.63, 3.8) is 0 Å². The largest absolute Gasteiger partial charge is 0.507 e. The molecule has 1 aliphatic rings. The first-order valence-electron chi connectivity index (χ1n) is 9.56. The molecule has 3 aromatic rings. The number of rotatable bonds is 4. The molecule has 1 heterocycles. The number of aryl methyl sites for hydroxylation is 1. The lowest BCUT2D eigenvalue weighted by atomic mass is 9.95. The third-order valence-corrected chi connectivity index (χ3v) is 5.22. The van der Waals surface area contributed by atoms with E-state index in [0.717, 1.165) is 5.56 Å². The van der Waals surface area contributed by atoms with Gasteiger partial charge >= 0.3 is 0 Å². The number of non-ortho nitro benzene ring substituents is 1. The summed E-state index contributed by atoms with van der Waals surface area (Å²) in [7, 11) is 0. The molecular weight excluding hydrogens is 396 g/mol. The monoisotopic (exact) mass is 414 g/mol. The van der Waals surface area contributed by atoms with Crippen LogP contribution in [0.4, 0.5) is 11.4 Å². The predicted octanol–water partition coefficient (Wildman–Crippen LogP) is 4.53. The van der Waals surface area contributed by atoms with Gasteiger partial charge in [0.15, 0.2) is 0 Å². The number of amides is 1. The fraction of sp³-hybridized carbons (Fsp3) is 0.0833. The molecule has 1 N–H and O–H groups in total. The number of nitro benzene ring substituents is 1. The van der Waals surface area contributed by atoms with Crippen molar-refractivity contribution in [2.24, 2.45) is 0 Å². The number of carbonyl (C=O) groups excluding carboxylic acids is 2. The summed E-state index contributed by atoms with van der Waals surface area (Å²) >= 11 is 0. The van der Waals surface area contributed by atoms with Crippen LogP contribution in [0.25, 0.3) is 5.76 Å². The van der Waals surface area contributed by atoms with Crippen LogP contribution in [0.15, 0.2) is 84.4 Å². The molecule has 0 saturated carbocycles. The highest BCUT2D eigenvalue weighted by Crippen LogP contribution is 2.42. The summed E-state index contributed by atoms with van der Waals surface area (Å²) in [5, 5.41) is 21.9. The Balaban J connectivity index is 1.90. The Kier molecular flexibility index (Phi) is 5.09. The lowest BCUT2D eigenvalue weighted by Crippen LogP contribution is -2.29. The van der Waals surface area contributed by atoms with E-state index in [0.29, 0.717) is 11.3 Å². The first-order valence-corrected chi connectivity index (χ1v) is 9.56. The fourth-order valence-electron chi connectivity index (χ4n) is 3.65. The molecule has 1 saturated heterocycles. The molecule has 0 aromatic heterocycles. The fourth-order valence-corrected chi connectivity index (χ4v) is 3.65. The van der Waals surface area contributed by atoms with E-state index >= 15 is 0 Å². The summed E-state index contributed by atoms with van der Waals surface area (Å²) in [5.41, 5.74) is 2.20. The average molecular weight is 414 g/mol. The molecule has 0 aliphatic carbocycles. The lowest BCUT2D eigenvalue weighted by Gasteiger charge is -2.25. The molecule has 1 unspecified atom stereocenters. The van der Waals surface area contributed by atoms with Gasteiger partial charge in [-0.3, -0.25) is 24.6 Å². The molecule has 31 heavy (non-hydrogen) atoms. The third kappa shape index (κ3) is 3.57. The second kappa shape index (κ2) is 7.87. The molecule has 0 bridgehead atoms. The van der Waals surface area contributed by atoms with Gasteiger partial charge in [-0.1, -0.05) is 48.0 Å². The number of hydrogen-bond acceptors (Lipinski definition) is 5. The third-order valence-electron chi connectivity index (χ3n) is 5.22. The summed E-state index contributed by atoms with van der Waals surface area (Å²) in [6.45, 7) is 1.92. The standard InChI is InChI=1S/C24H18N2O5/c1-15-7-11-18(12-8-15)25-21(16-5-3-2-4-6-16)20(23(28)24(25)29)22(27)17-9-13-19(14-10-17)26(30)31/h2-14,21,27H,1H3/b22-20-. The molecule has 1 atom stereocenters. The Morgan fingerprint density at radius 3 is 2.13 bits per heavy atom. The van der Waals surface area contributed by atoms with Crippen molar-refractivity contribution in [2.75, 3.05) is 4.90 Å². The smallest absolute Gasteiger partial charge is 0.300 e. The number of nitro groups is 1. The van der Waals surface area contributed by atoms with Crippen molar-refractivity contribution in [3.8, 4) is 0 Å². The summed E-state index contributed by atoms with van der Waals surface area (Å²) < 4.78 is 0. The normalized spacial score (nSPS) is 17.7. The van der Waals surface area contributed by atoms with Crippen LogP contribution in [-0.4, -0.2) is 21.7 Å². The predicted molar refractivity (Wildman–Crippen MR) is 116 cm³/mol. The van der Waals surface area contributed by atoms with Gasteiger partial charge < -0.3 is 5.11 Å². The highest BCUT2D eigenvalue weighted by atomic mass is 16.6. The van der Waals surface area contributed by atoms with Crippen LogP contribution < -0.4 is 4.90 Å². The number of Topliss-reactive ketones (excluding diaryl/α,β-unsaturated/α-hetero) is 1. The van der Waals surface area contributed by atoms with Gasteiger partial charge in [-0.25, -0.2) is 0 Å². The minimum atomic E-state index is -0.834. The van der Waals surface area contributed by atoms with Gasteiger partial charge in [0, 0.05) is 23.4 Å². The van der Waals surface area contributed by atoms with Crippen LogP contribution in [0, 0.1) is 17.0 Å². The number of carbonyl (C=O) groups is 2. The number of hydrogen-bond donors (Lipinski definition) is 1. The molecule has 7 heteroatoms. The maximum Gasteiger partial charge on any atom is 0.300 e. The number of aliphatic hydroxyl groups is 1. The minimum absolute atomic E-state index is 0.0642. The Morgan fingerprint density at radius 1 is 0.935 bits per heavy atom.